The fraction of sp³-hybridized carbons (Fsp3) is 0.556. The molecule has 2 amide bonds. The monoisotopic (exact) mass is 396 g/mol. The first-order valence-corrected chi connectivity index (χ1v) is 10.9. The van der Waals surface area contributed by atoms with E-state index in [1.807, 2.05) is 0 Å². The van der Waals surface area contributed by atoms with Crippen molar-refractivity contribution < 1.29 is 18.0 Å². The Morgan fingerprint density at radius 3 is 2.00 bits per heavy atom. The van der Waals surface area contributed by atoms with Crippen LogP contribution in [-0.4, -0.2) is 47.6 Å². The van der Waals surface area contributed by atoms with Gasteiger partial charge in [0, 0.05) is 36.0 Å². The van der Waals surface area contributed by atoms with Gasteiger partial charge in [0.2, 0.25) is 21.8 Å². The molecule has 2 unspecified atom stereocenters. The molecule has 2 atom stereocenters. The molecule has 0 spiro atoms. The topological polar surface area (TPSA) is 74.8 Å². The minimum absolute atomic E-state index is 0.0522. The average molecular weight is 397 g/mol. The highest BCUT2D eigenvalue weighted by atomic mass is 35.5. The van der Waals surface area contributed by atoms with E-state index in [4.69, 9.17) is 11.6 Å². The fourth-order valence-corrected chi connectivity index (χ4v) is 6.82. The number of likely N-dealkylation sites (tertiary alicyclic amines) is 1. The highest BCUT2D eigenvalue weighted by Gasteiger charge is 2.50. The van der Waals surface area contributed by atoms with Gasteiger partial charge in [-0.3, -0.25) is 14.5 Å². The van der Waals surface area contributed by atoms with E-state index in [9.17, 15) is 18.0 Å². The molecule has 1 aromatic rings. The second kappa shape index (κ2) is 6.62. The Kier molecular flexibility index (Phi) is 4.57. The van der Waals surface area contributed by atoms with E-state index in [1.54, 1.807) is 28.6 Å². The van der Waals surface area contributed by atoms with Gasteiger partial charge >= 0.3 is 0 Å². The molecule has 2 bridgehead atoms. The van der Waals surface area contributed by atoms with Crippen molar-refractivity contribution >= 4 is 33.4 Å². The molecular formula is C18H21ClN2O4S. The van der Waals surface area contributed by atoms with Crippen molar-refractivity contribution in [3.8, 4) is 0 Å². The minimum atomic E-state index is -3.46. The molecule has 26 heavy (non-hydrogen) atoms. The summed E-state index contributed by atoms with van der Waals surface area (Å²) in [4.78, 5) is 25.5. The van der Waals surface area contributed by atoms with Crippen LogP contribution in [-0.2, 0) is 25.4 Å². The third kappa shape index (κ3) is 3.17. The number of rotatable bonds is 4. The zero-order chi connectivity index (χ0) is 18.5. The summed E-state index contributed by atoms with van der Waals surface area (Å²) in [6.07, 6.45) is 3.24. The Balaban J connectivity index is 1.51. The average Bonchev–Trinajstić information content (AvgIpc) is 3.07. The predicted octanol–water partition coefficient (Wildman–Crippen LogP) is 2.31. The van der Waals surface area contributed by atoms with Gasteiger partial charge in [-0.1, -0.05) is 23.7 Å². The van der Waals surface area contributed by atoms with Crippen LogP contribution in [0.2, 0.25) is 5.02 Å². The molecular weight excluding hydrogens is 376 g/mol. The van der Waals surface area contributed by atoms with Gasteiger partial charge in [-0.25, -0.2) is 8.42 Å². The SMILES string of the molecule is O=C1CCC(=O)N1C1CC2CCC(C1)N2S(=O)(=O)Cc1ccc(Cl)cc1. The van der Waals surface area contributed by atoms with Gasteiger partial charge in [0.15, 0.2) is 0 Å². The molecule has 3 fully saturated rings. The van der Waals surface area contributed by atoms with Crippen molar-refractivity contribution in [1.82, 2.24) is 9.21 Å². The van der Waals surface area contributed by atoms with Crippen LogP contribution in [0, 0.1) is 0 Å². The van der Waals surface area contributed by atoms with Gasteiger partial charge in [-0.05, 0) is 43.4 Å². The molecule has 0 aromatic heterocycles. The number of carbonyl (C=O) groups excluding carboxylic acids is 2. The number of imide groups is 1. The van der Waals surface area contributed by atoms with E-state index in [2.05, 4.69) is 0 Å². The van der Waals surface area contributed by atoms with Crippen LogP contribution in [0.25, 0.3) is 0 Å². The second-order valence-electron chi connectivity index (χ2n) is 7.38. The van der Waals surface area contributed by atoms with Crippen LogP contribution in [0.3, 0.4) is 0 Å². The van der Waals surface area contributed by atoms with E-state index >= 15 is 0 Å². The number of halogens is 1. The fourth-order valence-electron chi connectivity index (χ4n) is 4.64. The first kappa shape index (κ1) is 17.9. The van der Waals surface area contributed by atoms with Gasteiger partial charge < -0.3 is 0 Å². The van der Waals surface area contributed by atoms with E-state index in [0.717, 1.165) is 12.8 Å². The molecule has 3 aliphatic heterocycles. The maximum atomic E-state index is 13.0. The summed E-state index contributed by atoms with van der Waals surface area (Å²) >= 11 is 5.87. The highest BCUT2D eigenvalue weighted by molar-refractivity contribution is 7.88. The van der Waals surface area contributed by atoms with Crippen LogP contribution in [0.4, 0.5) is 0 Å². The zero-order valence-corrected chi connectivity index (χ0v) is 15.9. The molecule has 1 aromatic carbocycles. The molecule has 3 aliphatic rings. The summed E-state index contributed by atoms with van der Waals surface area (Å²) in [5.74, 6) is -0.280. The number of hydrogen-bond donors (Lipinski definition) is 0. The lowest BCUT2D eigenvalue weighted by Gasteiger charge is -2.40. The van der Waals surface area contributed by atoms with E-state index in [1.165, 1.54) is 4.90 Å². The first-order valence-electron chi connectivity index (χ1n) is 8.96. The number of sulfonamides is 1. The van der Waals surface area contributed by atoms with E-state index in [0.29, 0.717) is 23.4 Å². The van der Waals surface area contributed by atoms with E-state index in [-0.39, 0.29) is 48.5 Å². The molecule has 3 saturated heterocycles. The molecule has 0 radical (unpaired) electrons. The zero-order valence-electron chi connectivity index (χ0n) is 14.3. The van der Waals surface area contributed by atoms with Crippen molar-refractivity contribution in [1.29, 1.82) is 0 Å². The van der Waals surface area contributed by atoms with Crippen molar-refractivity contribution in [3.63, 3.8) is 0 Å². The lowest BCUT2D eigenvalue weighted by molar-refractivity contribution is -0.142. The van der Waals surface area contributed by atoms with Crippen LogP contribution < -0.4 is 0 Å². The lowest BCUT2D eigenvalue weighted by Crippen LogP contribution is -2.53. The Labute approximate surface area is 158 Å². The molecule has 4 rings (SSSR count). The summed E-state index contributed by atoms with van der Waals surface area (Å²) in [6, 6.07) is 6.44. The second-order valence-corrected chi connectivity index (χ2v) is 9.69. The number of nitrogens with zero attached hydrogens (tertiary/aromatic N) is 2. The molecule has 0 saturated carbocycles. The maximum Gasteiger partial charge on any atom is 0.229 e. The molecule has 140 valence electrons. The molecule has 0 N–H and O–H groups in total. The number of hydrogen-bond acceptors (Lipinski definition) is 4. The quantitative estimate of drug-likeness (QED) is 0.732. The van der Waals surface area contributed by atoms with Gasteiger partial charge in [0.25, 0.3) is 0 Å². The standard InChI is InChI=1S/C18H21ClN2O4S/c19-13-3-1-12(2-4-13)11-26(24,25)21-14-5-6-15(21)10-16(9-14)20-17(22)7-8-18(20)23/h1-4,14-16H,5-11H2. The van der Waals surface area contributed by atoms with Gasteiger partial charge in [0.05, 0.1) is 5.75 Å². The molecule has 8 heteroatoms. The number of fused-ring (bicyclic) bond motifs is 2. The van der Waals surface area contributed by atoms with Crippen LogP contribution in [0.15, 0.2) is 24.3 Å². The van der Waals surface area contributed by atoms with Crippen molar-refractivity contribution in [2.24, 2.45) is 0 Å². The van der Waals surface area contributed by atoms with Gasteiger partial charge in [-0.2, -0.15) is 4.31 Å². The van der Waals surface area contributed by atoms with Gasteiger partial charge in [0.1, 0.15) is 0 Å². The Bertz CT molecular complexity index is 809. The van der Waals surface area contributed by atoms with Crippen molar-refractivity contribution in [2.45, 2.75) is 62.4 Å². The molecule has 0 aliphatic carbocycles. The van der Waals surface area contributed by atoms with Crippen LogP contribution >= 0.6 is 11.6 Å². The summed E-state index contributed by atoms with van der Waals surface area (Å²) < 4.78 is 27.6. The Hall–Kier alpha value is -1.44. The van der Waals surface area contributed by atoms with Crippen molar-refractivity contribution in [2.75, 3.05) is 0 Å². The minimum Gasteiger partial charge on any atom is -0.279 e. The van der Waals surface area contributed by atoms with Crippen LogP contribution in [0.1, 0.15) is 44.1 Å². The van der Waals surface area contributed by atoms with Crippen LogP contribution in [0.5, 0.6) is 0 Å². The summed E-state index contributed by atoms with van der Waals surface area (Å²) in [5, 5.41) is 0.576. The van der Waals surface area contributed by atoms with Gasteiger partial charge in [-0.15, -0.1) is 0 Å². The summed E-state index contributed by atoms with van der Waals surface area (Å²) in [5.41, 5.74) is 0.709. The first-order chi connectivity index (χ1) is 12.3. The third-order valence-corrected chi connectivity index (χ3v) is 7.87. The number of carbonyl (C=O) groups is 2. The maximum absolute atomic E-state index is 13.0. The lowest BCUT2D eigenvalue weighted by atomic mass is 9.98. The number of benzene rings is 1. The Morgan fingerprint density at radius 1 is 0.923 bits per heavy atom. The van der Waals surface area contributed by atoms with Crippen molar-refractivity contribution in [3.05, 3.63) is 34.9 Å². The number of piperidine rings is 1. The summed E-state index contributed by atoms with van der Waals surface area (Å²) in [6.45, 7) is 0. The van der Waals surface area contributed by atoms with E-state index < -0.39 is 10.0 Å². The molecule has 3 heterocycles. The Morgan fingerprint density at radius 2 is 1.46 bits per heavy atom. The summed E-state index contributed by atoms with van der Waals surface area (Å²) in [7, 11) is -3.46. The normalized spacial score (nSPS) is 29.6. The predicted molar refractivity (Wildman–Crippen MR) is 96.8 cm³/mol. The third-order valence-electron chi connectivity index (χ3n) is 5.68. The molecule has 6 nitrogen and oxygen atoms in total. The largest absolute Gasteiger partial charge is 0.279 e. The number of amides is 2. The highest BCUT2D eigenvalue weighted by Crippen LogP contribution is 2.41. The smallest absolute Gasteiger partial charge is 0.229 e.